The molecule has 9 nitrogen and oxygen atoms in total. The number of primary amides is 1. The molecular formula is C14H15N5O4. The molecule has 1 amide bonds. The van der Waals surface area contributed by atoms with Crippen LogP contribution in [0.1, 0.15) is 21.7 Å². The number of carbonyl (C=O) groups excluding carboxylic acids is 1. The van der Waals surface area contributed by atoms with Crippen molar-refractivity contribution in [3.8, 4) is 0 Å². The highest BCUT2D eigenvalue weighted by molar-refractivity contribution is 5.92. The SMILES string of the molecule is NC(=O)c1cccc(CN2Cc3n[nH]c(=O)n3CC2C(=O)O)c1. The van der Waals surface area contributed by atoms with E-state index in [1.165, 1.54) is 4.57 Å². The normalized spacial score (nSPS) is 17.7. The lowest BCUT2D eigenvalue weighted by atomic mass is 10.1. The summed E-state index contributed by atoms with van der Waals surface area (Å²) < 4.78 is 1.33. The fourth-order valence-electron chi connectivity index (χ4n) is 2.70. The number of aromatic nitrogens is 3. The van der Waals surface area contributed by atoms with E-state index in [0.29, 0.717) is 17.9 Å². The highest BCUT2D eigenvalue weighted by atomic mass is 16.4. The fourth-order valence-corrected chi connectivity index (χ4v) is 2.70. The van der Waals surface area contributed by atoms with Crippen LogP contribution < -0.4 is 11.4 Å². The zero-order chi connectivity index (χ0) is 16.6. The number of nitrogens with one attached hydrogen (secondary N) is 1. The summed E-state index contributed by atoms with van der Waals surface area (Å²) >= 11 is 0. The van der Waals surface area contributed by atoms with Crippen LogP contribution in [-0.2, 0) is 24.4 Å². The number of hydrogen-bond acceptors (Lipinski definition) is 5. The second kappa shape index (κ2) is 5.69. The van der Waals surface area contributed by atoms with E-state index in [1.54, 1.807) is 29.2 Å². The summed E-state index contributed by atoms with van der Waals surface area (Å²) in [6.07, 6.45) is 0. The number of aromatic amines is 1. The minimum Gasteiger partial charge on any atom is -0.480 e. The van der Waals surface area contributed by atoms with E-state index in [1.807, 2.05) is 0 Å². The largest absolute Gasteiger partial charge is 0.480 e. The summed E-state index contributed by atoms with van der Waals surface area (Å²) in [7, 11) is 0. The van der Waals surface area contributed by atoms with E-state index >= 15 is 0 Å². The summed E-state index contributed by atoms with van der Waals surface area (Å²) in [5.74, 6) is -1.07. The number of H-pyrrole nitrogens is 1. The number of aliphatic carboxylic acids is 1. The fraction of sp³-hybridized carbons (Fsp3) is 0.286. The van der Waals surface area contributed by atoms with Crippen LogP contribution in [0.2, 0.25) is 0 Å². The van der Waals surface area contributed by atoms with Crippen molar-refractivity contribution in [2.45, 2.75) is 25.7 Å². The van der Waals surface area contributed by atoms with Gasteiger partial charge in [-0.2, -0.15) is 5.10 Å². The lowest BCUT2D eigenvalue weighted by molar-refractivity contribution is -0.145. The van der Waals surface area contributed by atoms with Crippen molar-refractivity contribution in [1.82, 2.24) is 19.7 Å². The minimum atomic E-state index is -1.02. The first-order valence-electron chi connectivity index (χ1n) is 6.95. The smallest absolute Gasteiger partial charge is 0.343 e. The molecule has 0 spiro atoms. The summed E-state index contributed by atoms with van der Waals surface area (Å²) in [4.78, 5) is 36.0. The summed E-state index contributed by atoms with van der Waals surface area (Å²) in [5, 5.41) is 15.6. The molecule has 2 aromatic rings. The van der Waals surface area contributed by atoms with Crippen molar-refractivity contribution in [3.63, 3.8) is 0 Å². The third-order valence-corrected chi connectivity index (χ3v) is 3.86. The van der Waals surface area contributed by atoms with E-state index in [0.717, 1.165) is 5.56 Å². The van der Waals surface area contributed by atoms with E-state index in [2.05, 4.69) is 10.2 Å². The number of nitrogens with two attached hydrogens (primary N) is 1. The Bertz CT molecular complexity index is 825. The van der Waals surface area contributed by atoms with Gasteiger partial charge in [-0.3, -0.25) is 19.1 Å². The molecule has 0 fully saturated rings. The number of carbonyl (C=O) groups is 2. The Morgan fingerprint density at radius 3 is 2.91 bits per heavy atom. The average molecular weight is 317 g/mol. The molecule has 0 saturated heterocycles. The van der Waals surface area contributed by atoms with E-state index < -0.39 is 23.6 Å². The van der Waals surface area contributed by atoms with Gasteiger partial charge in [0.25, 0.3) is 0 Å². The summed E-state index contributed by atoms with van der Waals surface area (Å²) in [6.45, 7) is 0.547. The van der Waals surface area contributed by atoms with Gasteiger partial charge in [0.05, 0.1) is 13.1 Å². The molecule has 1 unspecified atom stereocenters. The molecule has 1 aliphatic rings. The van der Waals surface area contributed by atoms with Crippen molar-refractivity contribution in [3.05, 3.63) is 51.7 Å². The topological polar surface area (TPSA) is 134 Å². The quantitative estimate of drug-likeness (QED) is 0.671. The van der Waals surface area contributed by atoms with Gasteiger partial charge in [0.1, 0.15) is 11.9 Å². The molecule has 0 saturated carbocycles. The van der Waals surface area contributed by atoms with Gasteiger partial charge >= 0.3 is 11.7 Å². The van der Waals surface area contributed by atoms with Gasteiger partial charge < -0.3 is 10.8 Å². The van der Waals surface area contributed by atoms with Gasteiger partial charge in [0, 0.05) is 12.1 Å². The molecule has 0 aliphatic carbocycles. The first-order valence-corrected chi connectivity index (χ1v) is 6.95. The maximum Gasteiger partial charge on any atom is 0.343 e. The molecule has 0 bridgehead atoms. The Balaban J connectivity index is 1.89. The second-order valence-electron chi connectivity index (χ2n) is 5.38. The molecule has 1 aliphatic heterocycles. The second-order valence-corrected chi connectivity index (χ2v) is 5.38. The molecule has 3 rings (SSSR count). The van der Waals surface area contributed by atoms with Crippen LogP contribution in [0.5, 0.6) is 0 Å². The minimum absolute atomic E-state index is 0.0233. The maximum atomic E-state index is 11.6. The van der Waals surface area contributed by atoms with Gasteiger partial charge in [0.15, 0.2) is 0 Å². The Labute approximate surface area is 130 Å². The first-order chi connectivity index (χ1) is 11.0. The number of hydrogen-bond donors (Lipinski definition) is 3. The average Bonchev–Trinajstić information content (AvgIpc) is 2.87. The molecule has 9 heteroatoms. The number of nitrogens with zero attached hydrogens (tertiary/aromatic N) is 3. The molecule has 1 atom stereocenters. The molecule has 120 valence electrons. The molecule has 2 heterocycles. The highest BCUT2D eigenvalue weighted by Gasteiger charge is 2.33. The predicted molar refractivity (Wildman–Crippen MR) is 78.5 cm³/mol. The van der Waals surface area contributed by atoms with Crippen LogP contribution in [-0.4, -0.2) is 42.7 Å². The Morgan fingerprint density at radius 1 is 1.43 bits per heavy atom. The van der Waals surface area contributed by atoms with Gasteiger partial charge in [0.2, 0.25) is 5.91 Å². The Morgan fingerprint density at radius 2 is 2.22 bits per heavy atom. The maximum absolute atomic E-state index is 11.6. The summed E-state index contributed by atoms with van der Waals surface area (Å²) in [6, 6.07) is 5.86. The monoisotopic (exact) mass is 317 g/mol. The van der Waals surface area contributed by atoms with Crippen molar-refractivity contribution in [2.24, 2.45) is 5.73 Å². The molecule has 0 radical (unpaired) electrons. The number of benzene rings is 1. The number of carboxylic acids is 1. The van der Waals surface area contributed by atoms with Gasteiger partial charge in [-0.15, -0.1) is 0 Å². The van der Waals surface area contributed by atoms with Crippen molar-refractivity contribution in [2.75, 3.05) is 0 Å². The number of rotatable bonds is 4. The van der Waals surface area contributed by atoms with E-state index in [-0.39, 0.29) is 13.1 Å². The lowest BCUT2D eigenvalue weighted by Crippen LogP contribution is -2.49. The highest BCUT2D eigenvalue weighted by Crippen LogP contribution is 2.18. The number of amides is 1. The van der Waals surface area contributed by atoms with Crippen LogP contribution in [0.4, 0.5) is 0 Å². The van der Waals surface area contributed by atoms with Crippen molar-refractivity contribution < 1.29 is 14.7 Å². The molecular weight excluding hydrogens is 302 g/mol. The van der Waals surface area contributed by atoms with Crippen LogP contribution in [0.15, 0.2) is 29.1 Å². The standard InChI is InChI=1S/C14H15N5O4/c15-12(20)9-3-1-2-8(4-9)5-18-7-11-16-17-14(23)19(11)6-10(18)13(21)22/h1-4,10H,5-7H2,(H2,15,20)(H,17,23)(H,21,22). The number of carboxylic acid groups (broad SMARTS) is 1. The third-order valence-electron chi connectivity index (χ3n) is 3.86. The molecule has 1 aromatic carbocycles. The van der Waals surface area contributed by atoms with Crippen LogP contribution >= 0.6 is 0 Å². The lowest BCUT2D eigenvalue weighted by Gasteiger charge is -2.32. The molecule has 1 aromatic heterocycles. The van der Waals surface area contributed by atoms with Crippen molar-refractivity contribution >= 4 is 11.9 Å². The molecule has 23 heavy (non-hydrogen) atoms. The zero-order valence-electron chi connectivity index (χ0n) is 12.1. The predicted octanol–water partition coefficient (Wildman–Crippen LogP) is -0.861. The van der Waals surface area contributed by atoms with E-state index in [4.69, 9.17) is 5.73 Å². The van der Waals surface area contributed by atoms with Crippen LogP contribution in [0, 0.1) is 0 Å². The van der Waals surface area contributed by atoms with Gasteiger partial charge in [-0.25, -0.2) is 9.89 Å². The summed E-state index contributed by atoms with van der Waals surface area (Å²) in [5.41, 5.74) is 5.97. The van der Waals surface area contributed by atoms with Crippen LogP contribution in [0.3, 0.4) is 0 Å². The van der Waals surface area contributed by atoms with Crippen LogP contribution in [0.25, 0.3) is 0 Å². The Kier molecular flexibility index (Phi) is 3.70. The van der Waals surface area contributed by atoms with E-state index in [9.17, 15) is 19.5 Å². The first kappa shape index (κ1) is 15.0. The zero-order valence-corrected chi connectivity index (χ0v) is 12.1. The number of fused-ring (bicyclic) bond motifs is 1. The van der Waals surface area contributed by atoms with Gasteiger partial charge in [-0.05, 0) is 17.7 Å². The Hall–Kier alpha value is -2.94. The third kappa shape index (κ3) is 2.86. The van der Waals surface area contributed by atoms with Crippen molar-refractivity contribution in [1.29, 1.82) is 0 Å². The van der Waals surface area contributed by atoms with Gasteiger partial charge in [-0.1, -0.05) is 12.1 Å². The molecule has 4 N–H and O–H groups in total.